The number of carbonyl (C=O) groups is 1. The van der Waals surface area contributed by atoms with E-state index in [0.29, 0.717) is 30.5 Å². The van der Waals surface area contributed by atoms with Crippen LogP contribution in [0.4, 0.5) is 0 Å². The van der Waals surface area contributed by atoms with Crippen molar-refractivity contribution < 1.29 is 17.7 Å². The van der Waals surface area contributed by atoms with Crippen LogP contribution in [0.1, 0.15) is 35.8 Å². The number of amides is 1. The third-order valence-electron chi connectivity index (χ3n) is 5.36. The Hall–Kier alpha value is -3.14. The third kappa shape index (κ3) is 4.96. The van der Waals surface area contributed by atoms with E-state index in [0.717, 1.165) is 30.4 Å². The average molecular weight is 442 g/mol. The number of nitrogens with zero attached hydrogens (tertiary/aromatic N) is 5. The molecule has 0 radical (unpaired) electrons. The molecule has 0 unspecified atom stereocenters. The summed E-state index contributed by atoms with van der Waals surface area (Å²) in [4.78, 5) is 27.6. The minimum Gasteiger partial charge on any atom is -0.342 e. The Morgan fingerprint density at radius 2 is 1.84 bits per heavy atom. The van der Waals surface area contributed by atoms with E-state index in [2.05, 4.69) is 20.1 Å². The zero-order valence-electron chi connectivity index (χ0n) is 17.4. The van der Waals surface area contributed by atoms with Gasteiger partial charge in [0.2, 0.25) is 5.91 Å². The summed E-state index contributed by atoms with van der Waals surface area (Å²) < 4.78 is 28.5. The van der Waals surface area contributed by atoms with Crippen molar-refractivity contribution in [3.8, 4) is 11.6 Å². The van der Waals surface area contributed by atoms with Crippen molar-refractivity contribution in [2.24, 2.45) is 0 Å². The molecule has 162 valence electrons. The van der Waals surface area contributed by atoms with Crippen molar-refractivity contribution in [3.63, 3.8) is 0 Å². The molecule has 0 atom stereocenters. The fourth-order valence-electron chi connectivity index (χ4n) is 3.54. The van der Waals surface area contributed by atoms with Gasteiger partial charge in [-0.15, -0.1) is 0 Å². The van der Waals surface area contributed by atoms with Gasteiger partial charge in [0, 0.05) is 31.5 Å². The number of aryl methyl sites for hydroxylation is 1. The monoisotopic (exact) mass is 441 g/mol. The Bertz CT molecular complexity index is 1170. The number of likely N-dealkylation sites (tertiary alicyclic amines) is 1. The van der Waals surface area contributed by atoms with Crippen molar-refractivity contribution in [2.75, 3.05) is 19.3 Å². The van der Waals surface area contributed by atoms with E-state index in [1.54, 1.807) is 24.5 Å². The molecule has 0 spiro atoms. The van der Waals surface area contributed by atoms with Crippen LogP contribution in [-0.4, -0.2) is 58.7 Å². The lowest BCUT2D eigenvalue weighted by Gasteiger charge is -2.30. The lowest BCUT2D eigenvalue weighted by Crippen LogP contribution is -2.39. The number of aromatic nitrogens is 4. The predicted molar refractivity (Wildman–Crippen MR) is 112 cm³/mol. The maximum atomic E-state index is 12.7. The standard InChI is InChI=1S/C21H23N5O4S/c1-14-12-23-18(13-22-14)21-24-20(25-30-21)16-7-9-26(10-8-16)19(27)11-15-3-5-17(6-4-15)31(2,28)29/h3-6,12-13,16H,7-11H2,1-2H3. The van der Waals surface area contributed by atoms with Crippen molar-refractivity contribution >= 4 is 15.7 Å². The van der Waals surface area contributed by atoms with Crippen LogP contribution in [0.5, 0.6) is 0 Å². The Morgan fingerprint density at radius 3 is 2.45 bits per heavy atom. The van der Waals surface area contributed by atoms with Crippen molar-refractivity contribution in [2.45, 2.75) is 37.0 Å². The van der Waals surface area contributed by atoms with Gasteiger partial charge in [-0.3, -0.25) is 9.78 Å². The van der Waals surface area contributed by atoms with Crippen LogP contribution >= 0.6 is 0 Å². The number of piperidine rings is 1. The van der Waals surface area contributed by atoms with Gasteiger partial charge in [-0.05, 0) is 37.5 Å². The molecule has 1 aliphatic rings. The van der Waals surface area contributed by atoms with E-state index < -0.39 is 9.84 Å². The summed E-state index contributed by atoms with van der Waals surface area (Å²) >= 11 is 0. The molecule has 1 amide bonds. The first-order valence-corrected chi connectivity index (χ1v) is 11.9. The molecule has 1 aromatic carbocycles. The lowest BCUT2D eigenvalue weighted by molar-refractivity contribution is -0.131. The van der Waals surface area contributed by atoms with Gasteiger partial charge in [-0.1, -0.05) is 17.3 Å². The fraction of sp³-hybridized carbons (Fsp3) is 0.381. The molecule has 10 heteroatoms. The van der Waals surface area contributed by atoms with Crippen LogP contribution in [0.25, 0.3) is 11.6 Å². The van der Waals surface area contributed by atoms with Crippen molar-refractivity contribution in [1.82, 2.24) is 25.0 Å². The van der Waals surface area contributed by atoms with Crippen LogP contribution in [0.15, 0.2) is 46.1 Å². The summed E-state index contributed by atoms with van der Waals surface area (Å²) in [5, 5.41) is 4.10. The predicted octanol–water partition coefficient (Wildman–Crippen LogP) is 2.19. The largest absolute Gasteiger partial charge is 0.342 e. The van der Waals surface area contributed by atoms with E-state index in [-0.39, 0.29) is 23.1 Å². The lowest BCUT2D eigenvalue weighted by atomic mass is 9.95. The second-order valence-corrected chi connectivity index (χ2v) is 9.76. The summed E-state index contributed by atoms with van der Waals surface area (Å²) in [6.07, 6.45) is 6.16. The minimum atomic E-state index is -3.24. The first-order valence-electron chi connectivity index (χ1n) is 9.99. The maximum Gasteiger partial charge on any atom is 0.278 e. The molecule has 3 heterocycles. The zero-order chi connectivity index (χ0) is 22.0. The molecule has 3 aromatic rings. The van der Waals surface area contributed by atoms with Gasteiger partial charge in [0.25, 0.3) is 5.89 Å². The smallest absolute Gasteiger partial charge is 0.278 e. The van der Waals surface area contributed by atoms with Gasteiger partial charge >= 0.3 is 0 Å². The number of carbonyl (C=O) groups excluding carboxylic acids is 1. The molecule has 2 aromatic heterocycles. The molecule has 0 bridgehead atoms. The van der Waals surface area contributed by atoms with Crippen molar-refractivity contribution in [1.29, 1.82) is 0 Å². The van der Waals surface area contributed by atoms with E-state index in [4.69, 9.17) is 4.52 Å². The highest BCUT2D eigenvalue weighted by Crippen LogP contribution is 2.28. The van der Waals surface area contributed by atoms with Crippen LogP contribution in [-0.2, 0) is 21.1 Å². The number of benzene rings is 1. The summed E-state index contributed by atoms with van der Waals surface area (Å²) in [6.45, 7) is 3.08. The van der Waals surface area contributed by atoms with E-state index >= 15 is 0 Å². The number of sulfone groups is 1. The maximum absolute atomic E-state index is 12.7. The normalized spacial score (nSPS) is 15.2. The van der Waals surface area contributed by atoms with Gasteiger partial charge in [-0.2, -0.15) is 4.98 Å². The molecule has 31 heavy (non-hydrogen) atoms. The summed E-state index contributed by atoms with van der Waals surface area (Å²) in [7, 11) is -3.24. The second kappa shape index (κ2) is 8.54. The Balaban J connectivity index is 1.33. The van der Waals surface area contributed by atoms with Crippen molar-refractivity contribution in [3.05, 3.63) is 53.7 Å². The third-order valence-corrected chi connectivity index (χ3v) is 6.49. The minimum absolute atomic E-state index is 0.0225. The summed E-state index contributed by atoms with van der Waals surface area (Å²) in [5.41, 5.74) is 2.15. The SMILES string of the molecule is Cc1cnc(-c2nc(C3CCN(C(=O)Cc4ccc(S(C)(=O)=O)cc4)CC3)no2)cn1. The summed E-state index contributed by atoms with van der Waals surface area (Å²) in [5.74, 6) is 1.11. The first-order chi connectivity index (χ1) is 14.8. The topological polar surface area (TPSA) is 119 Å². The van der Waals surface area contributed by atoms with E-state index in [1.807, 2.05) is 11.8 Å². The Kier molecular flexibility index (Phi) is 5.81. The molecule has 1 saturated heterocycles. The average Bonchev–Trinajstić information content (AvgIpc) is 3.24. The van der Waals surface area contributed by atoms with Gasteiger partial charge < -0.3 is 9.42 Å². The molecule has 0 saturated carbocycles. The molecule has 1 aliphatic heterocycles. The number of hydrogen-bond donors (Lipinski definition) is 0. The molecule has 0 N–H and O–H groups in total. The van der Waals surface area contributed by atoms with Crippen LogP contribution in [0.3, 0.4) is 0 Å². The second-order valence-electron chi connectivity index (χ2n) is 7.75. The molecular formula is C21H23N5O4S. The van der Waals surface area contributed by atoms with Crippen LogP contribution in [0.2, 0.25) is 0 Å². The molecular weight excluding hydrogens is 418 g/mol. The molecule has 9 nitrogen and oxygen atoms in total. The van der Waals surface area contributed by atoms with Gasteiger partial charge in [-0.25, -0.2) is 13.4 Å². The number of hydrogen-bond acceptors (Lipinski definition) is 8. The Labute approximate surface area is 180 Å². The highest BCUT2D eigenvalue weighted by Gasteiger charge is 2.27. The van der Waals surface area contributed by atoms with Crippen LogP contribution in [0, 0.1) is 6.92 Å². The van der Waals surface area contributed by atoms with E-state index in [1.165, 1.54) is 12.1 Å². The molecule has 4 rings (SSSR count). The van der Waals surface area contributed by atoms with Gasteiger partial charge in [0.05, 0.1) is 23.2 Å². The highest BCUT2D eigenvalue weighted by molar-refractivity contribution is 7.90. The fourth-order valence-corrected chi connectivity index (χ4v) is 4.17. The number of rotatable bonds is 5. The highest BCUT2D eigenvalue weighted by atomic mass is 32.2. The quantitative estimate of drug-likeness (QED) is 0.591. The first kappa shape index (κ1) is 21.1. The molecule has 1 fully saturated rings. The van der Waals surface area contributed by atoms with Gasteiger partial charge in [0.1, 0.15) is 5.69 Å². The summed E-state index contributed by atoms with van der Waals surface area (Å²) in [6, 6.07) is 6.46. The Morgan fingerprint density at radius 1 is 1.13 bits per heavy atom. The van der Waals surface area contributed by atoms with Gasteiger partial charge in [0.15, 0.2) is 15.7 Å². The van der Waals surface area contributed by atoms with E-state index in [9.17, 15) is 13.2 Å². The molecule has 0 aliphatic carbocycles. The zero-order valence-corrected chi connectivity index (χ0v) is 18.2. The van der Waals surface area contributed by atoms with Crippen LogP contribution < -0.4 is 0 Å².